The molecule has 2 rings (SSSR count). The van der Waals surface area contributed by atoms with Gasteiger partial charge in [0.15, 0.2) is 0 Å². The van der Waals surface area contributed by atoms with Crippen molar-refractivity contribution in [2.75, 3.05) is 20.3 Å². The van der Waals surface area contributed by atoms with Crippen molar-refractivity contribution in [1.29, 1.82) is 0 Å². The van der Waals surface area contributed by atoms with Crippen LogP contribution in [0.15, 0.2) is 24.3 Å². The lowest BCUT2D eigenvalue weighted by molar-refractivity contribution is 0.0776. The molecule has 0 aromatic heterocycles. The van der Waals surface area contributed by atoms with E-state index in [1.807, 2.05) is 0 Å². The van der Waals surface area contributed by atoms with Crippen LogP contribution in [0.3, 0.4) is 0 Å². The summed E-state index contributed by atoms with van der Waals surface area (Å²) in [5.41, 5.74) is 2.56. The van der Waals surface area contributed by atoms with Crippen LogP contribution in [0.25, 0.3) is 0 Å². The standard InChI is InChI=1S/C14H21NO2/c1-16-11-13-4-2-3-12(9-13)10-15-14-5-7-17-8-6-14/h2-4,9,14-15H,5-8,10-11H2,1H3. The molecule has 3 heteroatoms. The molecule has 1 fully saturated rings. The minimum Gasteiger partial charge on any atom is -0.381 e. The topological polar surface area (TPSA) is 30.5 Å². The fraction of sp³-hybridized carbons (Fsp3) is 0.571. The Morgan fingerprint density at radius 3 is 2.82 bits per heavy atom. The molecule has 0 unspecified atom stereocenters. The Bertz CT molecular complexity index is 335. The highest BCUT2D eigenvalue weighted by atomic mass is 16.5. The van der Waals surface area contributed by atoms with E-state index in [1.54, 1.807) is 7.11 Å². The van der Waals surface area contributed by atoms with Gasteiger partial charge < -0.3 is 14.8 Å². The van der Waals surface area contributed by atoms with Gasteiger partial charge in [-0.2, -0.15) is 0 Å². The zero-order valence-electron chi connectivity index (χ0n) is 10.4. The van der Waals surface area contributed by atoms with Crippen molar-refractivity contribution in [1.82, 2.24) is 5.32 Å². The van der Waals surface area contributed by atoms with Crippen molar-refractivity contribution in [3.05, 3.63) is 35.4 Å². The largest absolute Gasteiger partial charge is 0.381 e. The van der Waals surface area contributed by atoms with E-state index in [-0.39, 0.29) is 0 Å². The summed E-state index contributed by atoms with van der Waals surface area (Å²) in [6.45, 7) is 3.40. The van der Waals surface area contributed by atoms with E-state index in [9.17, 15) is 0 Å². The minimum absolute atomic E-state index is 0.606. The molecular formula is C14H21NO2. The van der Waals surface area contributed by atoms with Crippen LogP contribution >= 0.6 is 0 Å². The Hall–Kier alpha value is -0.900. The summed E-state index contributed by atoms with van der Waals surface area (Å²) in [4.78, 5) is 0. The Morgan fingerprint density at radius 2 is 2.06 bits per heavy atom. The number of nitrogens with one attached hydrogen (secondary N) is 1. The predicted molar refractivity (Wildman–Crippen MR) is 67.8 cm³/mol. The van der Waals surface area contributed by atoms with Crippen molar-refractivity contribution in [2.45, 2.75) is 32.0 Å². The van der Waals surface area contributed by atoms with Crippen LogP contribution in [0.5, 0.6) is 0 Å². The SMILES string of the molecule is COCc1cccc(CNC2CCOCC2)c1. The monoisotopic (exact) mass is 235 g/mol. The normalized spacial score (nSPS) is 17.2. The lowest BCUT2D eigenvalue weighted by Crippen LogP contribution is -2.34. The Morgan fingerprint density at radius 1 is 1.29 bits per heavy atom. The number of hydrogen-bond acceptors (Lipinski definition) is 3. The minimum atomic E-state index is 0.606. The third kappa shape index (κ3) is 4.11. The Balaban J connectivity index is 1.83. The fourth-order valence-corrected chi connectivity index (χ4v) is 2.16. The van der Waals surface area contributed by atoms with Gasteiger partial charge in [0.2, 0.25) is 0 Å². The molecule has 0 radical (unpaired) electrons. The number of hydrogen-bond donors (Lipinski definition) is 1. The van der Waals surface area contributed by atoms with Crippen LogP contribution in [0.2, 0.25) is 0 Å². The summed E-state index contributed by atoms with van der Waals surface area (Å²) in [5.74, 6) is 0. The molecule has 0 saturated carbocycles. The number of methoxy groups -OCH3 is 1. The van der Waals surface area contributed by atoms with Gasteiger partial charge in [0, 0.05) is 32.9 Å². The molecule has 3 nitrogen and oxygen atoms in total. The van der Waals surface area contributed by atoms with E-state index in [0.29, 0.717) is 12.6 Å². The first kappa shape index (κ1) is 12.6. The molecule has 0 bridgehead atoms. The summed E-state index contributed by atoms with van der Waals surface area (Å²) in [7, 11) is 1.73. The van der Waals surface area contributed by atoms with Gasteiger partial charge in [-0.05, 0) is 24.0 Å². The van der Waals surface area contributed by atoms with Gasteiger partial charge in [-0.1, -0.05) is 24.3 Å². The van der Waals surface area contributed by atoms with Gasteiger partial charge in [0.05, 0.1) is 6.61 Å². The van der Waals surface area contributed by atoms with Gasteiger partial charge in [-0.25, -0.2) is 0 Å². The maximum Gasteiger partial charge on any atom is 0.0713 e. The maximum absolute atomic E-state index is 5.35. The van der Waals surface area contributed by atoms with Gasteiger partial charge in [-0.15, -0.1) is 0 Å². The average molecular weight is 235 g/mol. The molecule has 0 spiro atoms. The number of benzene rings is 1. The van der Waals surface area contributed by atoms with Crippen LogP contribution in [0.4, 0.5) is 0 Å². The highest BCUT2D eigenvalue weighted by Crippen LogP contribution is 2.10. The van der Waals surface area contributed by atoms with Crippen LogP contribution in [0.1, 0.15) is 24.0 Å². The molecule has 0 amide bonds. The molecule has 1 aliphatic heterocycles. The molecule has 17 heavy (non-hydrogen) atoms. The zero-order valence-corrected chi connectivity index (χ0v) is 10.4. The summed E-state index contributed by atoms with van der Waals surface area (Å²) in [5, 5.41) is 3.59. The third-order valence-electron chi connectivity index (χ3n) is 3.12. The molecule has 1 aliphatic rings. The van der Waals surface area contributed by atoms with E-state index in [1.165, 1.54) is 11.1 Å². The van der Waals surface area contributed by atoms with Gasteiger partial charge in [0.25, 0.3) is 0 Å². The van der Waals surface area contributed by atoms with Crippen LogP contribution in [-0.2, 0) is 22.6 Å². The molecule has 0 aliphatic carbocycles. The molecule has 0 atom stereocenters. The molecular weight excluding hydrogens is 214 g/mol. The van der Waals surface area contributed by atoms with Crippen molar-refractivity contribution < 1.29 is 9.47 Å². The van der Waals surface area contributed by atoms with Gasteiger partial charge in [0.1, 0.15) is 0 Å². The lowest BCUT2D eigenvalue weighted by atomic mass is 10.1. The molecule has 1 heterocycles. The molecule has 1 saturated heterocycles. The summed E-state index contributed by atoms with van der Waals surface area (Å²) >= 11 is 0. The Labute approximate surface area is 103 Å². The van der Waals surface area contributed by atoms with Crippen LogP contribution in [0, 0.1) is 0 Å². The lowest BCUT2D eigenvalue weighted by Gasteiger charge is -2.23. The third-order valence-corrected chi connectivity index (χ3v) is 3.12. The van der Waals surface area contributed by atoms with Crippen molar-refractivity contribution in [3.8, 4) is 0 Å². The second-order valence-corrected chi connectivity index (χ2v) is 4.52. The number of rotatable bonds is 5. The highest BCUT2D eigenvalue weighted by Gasteiger charge is 2.12. The molecule has 94 valence electrons. The van der Waals surface area contributed by atoms with E-state index in [2.05, 4.69) is 29.6 Å². The van der Waals surface area contributed by atoms with E-state index in [0.717, 1.165) is 32.6 Å². The molecule has 1 aromatic carbocycles. The number of ether oxygens (including phenoxy) is 2. The first-order chi connectivity index (χ1) is 8.38. The van der Waals surface area contributed by atoms with Gasteiger partial charge >= 0.3 is 0 Å². The van der Waals surface area contributed by atoms with Crippen molar-refractivity contribution in [2.24, 2.45) is 0 Å². The van der Waals surface area contributed by atoms with E-state index in [4.69, 9.17) is 9.47 Å². The van der Waals surface area contributed by atoms with Crippen molar-refractivity contribution >= 4 is 0 Å². The second kappa shape index (κ2) is 6.74. The summed E-state index contributed by atoms with van der Waals surface area (Å²) < 4.78 is 10.5. The first-order valence-corrected chi connectivity index (χ1v) is 6.26. The predicted octanol–water partition coefficient (Wildman–Crippen LogP) is 2.10. The van der Waals surface area contributed by atoms with E-state index >= 15 is 0 Å². The van der Waals surface area contributed by atoms with Crippen LogP contribution in [-0.4, -0.2) is 26.4 Å². The summed E-state index contributed by atoms with van der Waals surface area (Å²) in [6, 6.07) is 9.16. The average Bonchev–Trinajstić information content (AvgIpc) is 2.39. The molecule has 1 N–H and O–H groups in total. The smallest absolute Gasteiger partial charge is 0.0713 e. The summed E-state index contributed by atoms with van der Waals surface area (Å²) in [6.07, 6.45) is 2.25. The van der Waals surface area contributed by atoms with Crippen LogP contribution < -0.4 is 5.32 Å². The van der Waals surface area contributed by atoms with Crippen molar-refractivity contribution in [3.63, 3.8) is 0 Å². The fourth-order valence-electron chi connectivity index (χ4n) is 2.16. The highest BCUT2D eigenvalue weighted by molar-refractivity contribution is 5.22. The second-order valence-electron chi connectivity index (χ2n) is 4.52. The molecule has 1 aromatic rings. The zero-order chi connectivity index (χ0) is 11.9. The van der Waals surface area contributed by atoms with E-state index < -0.39 is 0 Å². The Kier molecular flexibility index (Phi) is 4.98. The van der Waals surface area contributed by atoms with Gasteiger partial charge in [-0.3, -0.25) is 0 Å². The first-order valence-electron chi connectivity index (χ1n) is 6.26. The maximum atomic E-state index is 5.35. The quantitative estimate of drug-likeness (QED) is 0.848.